The highest BCUT2D eigenvalue weighted by atomic mass is 16.5. The normalized spacial score (nSPS) is 13.1. The Morgan fingerprint density at radius 2 is 1.59 bits per heavy atom. The van der Waals surface area contributed by atoms with Gasteiger partial charge in [0.2, 0.25) is 0 Å². The van der Waals surface area contributed by atoms with Crippen LogP contribution in [0.4, 0.5) is 5.69 Å². The van der Waals surface area contributed by atoms with Gasteiger partial charge in [-0.1, -0.05) is 36.4 Å². The molecule has 0 aliphatic carbocycles. The van der Waals surface area contributed by atoms with E-state index in [2.05, 4.69) is 0 Å². The van der Waals surface area contributed by atoms with Gasteiger partial charge in [0, 0.05) is 6.20 Å². The molecule has 1 heterocycles. The molecular formula is C23H21NO5. The van der Waals surface area contributed by atoms with Gasteiger partial charge in [0.1, 0.15) is 11.4 Å². The van der Waals surface area contributed by atoms with E-state index >= 15 is 0 Å². The first kappa shape index (κ1) is 19.9. The maximum Gasteiger partial charge on any atom is 0.355 e. The van der Waals surface area contributed by atoms with E-state index < -0.39 is 11.9 Å². The molecule has 0 spiro atoms. The van der Waals surface area contributed by atoms with Gasteiger partial charge in [-0.05, 0) is 42.8 Å². The van der Waals surface area contributed by atoms with Crippen molar-refractivity contribution in [3.05, 3.63) is 89.8 Å². The highest BCUT2D eigenvalue weighted by molar-refractivity contribution is 6.05. The summed E-state index contributed by atoms with van der Waals surface area (Å²) in [6, 6.07) is 14.9. The van der Waals surface area contributed by atoms with Gasteiger partial charge in [0.25, 0.3) is 0 Å². The average Bonchev–Trinajstić information content (AvgIpc) is 2.97. The number of hydrogen-bond donors (Lipinski definition) is 0. The van der Waals surface area contributed by atoms with E-state index in [4.69, 9.17) is 14.2 Å². The first-order valence-electron chi connectivity index (χ1n) is 8.94. The van der Waals surface area contributed by atoms with Gasteiger partial charge in [0.15, 0.2) is 5.75 Å². The van der Waals surface area contributed by atoms with E-state index in [1.54, 1.807) is 29.3 Å². The summed E-state index contributed by atoms with van der Waals surface area (Å²) in [5, 5.41) is 0. The molecule has 0 unspecified atom stereocenters. The lowest BCUT2D eigenvalue weighted by molar-refractivity contribution is -0.139. The predicted octanol–water partition coefficient (Wildman–Crippen LogP) is 4.28. The SMILES string of the molecule is COC(=O)C1=C(C(=O)OC)N(c2cccc(C)c2Oc2ccccc2)C=CC=C1. The van der Waals surface area contributed by atoms with E-state index in [1.807, 2.05) is 49.4 Å². The van der Waals surface area contributed by atoms with Crippen molar-refractivity contribution in [1.82, 2.24) is 0 Å². The predicted molar refractivity (Wildman–Crippen MR) is 110 cm³/mol. The van der Waals surface area contributed by atoms with E-state index in [0.717, 1.165) is 5.56 Å². The van der Waals surface area contributed by atoms with Crippen LogP contribution in [0.25, 0.3) is 0 Å². The number of allylic oxidation sites excluding steroid dienone is 2. The number of rotatable bonds is 5. The molecule has 0 bridgehead atoms. The smallest absolute Gasteiger partial charge is 0.355 e. The molecule has 0 saturated carbocycles. The van der Waals surface area contributed by atoms with E-state index in [9.17, 15) is 9.59 Å². The fraction of sp³-hybridized carbons (Fsp3) is 0.130. The molecule has 29 heavy (non-hydrogen) atoms. The van der Waals surface area contributed by atoms with E-state index in [1.165, 1.54) is 20.3 Å². The number of para-hydroxylation sites is 2. The van der Waals surface area contributed by atoms with E-state index in [0.29, 0.717) is 17.2 Å². The number of methoxy groups -OCH3 is 2. The molecule has 2 aromatic carbocycles. The van der Waals surface area contributed by atoms with Gasteiger partial charge in [-0.3, -0.25) is 0 Å². The Kier molecular flexibility index (Phi) is 6.14. The lowest BCUT2D eigenvalue weighted by atomic mass is 10.1. The quantitative estimate of drug-likeness (QED) is 0.709. The lowest BCUT2D eigenvalue weighted by Gasteiger charge is -2.26. The summed E-state index contributed by atoms with van der Waals surface area (Å²) in [6.07, 6.45) is 6.56. The van der Waals surface area contributed by atoms with Crippen LogP contribution in [0.2, 0.25) is 0 Å². The van der Waals surface area contributed by atoms with Crippen molar-refractivity contribution in [3.8, 4) is 11.5 Å². The zero-order valence-electron chi connectivity index (χ0n) is 16.4. The Morgan fingerprint density at radius 3 is 2.28 bits per heavy atom. The van der Waals surface area contributed by atoms with Gasteiger partial charge in [0.05, 0.1) is 25.5 Å². The number of carbonyl (C=O) groups excluding carboxylic acids is 2. The molecule has 6 heteroatoms. The lowest BCUT2D eigenvalue weighted by Crippen LogP contribution is -2.27. The second-order valence-corrected chi connectivity index (χ2v) is 6.15. The molecule has 2 aromatic rings. The molecule has 3 rings (SSSR count). The Bertz CT molecular complexity index is 1010. The third-order valence-electron chi connectivity index (χ3n) is 4.30. The summed E-state index contributed by atoms with van der Waals surface area (Å²) < 4.78 is 15.9. The third-order valence-corrected chi connectivity index (χ3v) is 4.30. The molecule has 0 fully saturated rings. The molecule has 1 aliphatic heterocycles. The maximum atomic E-state index is 12.7. The van der Waals surface area contributed by atoms with Crippen LogP contribution in [0.5, 0.6) is 11.5 Å². The number of esters is 2. The van der Waals surface area contributed by atoms with Crippen LogP contribution in [-0.4, -0.2) is 26.2 Å². The summed E-state index contributed by atoms with van der Waals surface area (Å²) in [6.45, 7) is 1.91. The van der Waals surface area contributed by atoms with E-state index in [-0.39, 0.29) is 11.3 Å². The van der Waals surface area contributed by atoms with Crippen molar-refractivity contribution in [2.45, 2.75) is 6.92 Å². The standard InChI is InChI=1S/C23H21NO5/c1-16-10-9-14-19(21(16)29-17-11-5-4-6-12-17)24-15-8-7-13-18(22(25)27-2)20(24)23(26)28-3/h4-15H,1-3H3. The largest absolute Gasteiger partial charge is 0.465 e. The fourth-order valence-corrected chi connectivity index (χ4v) is 2.92. The monoisotopic (exact) mass is 391 g/mol. The molecule has 0 atom stereocenters. The Balaban J connectivity index is 2.19. The van der Waals surface area contributed by atoms with Crippen LogP contribution >= 0.6 is 0 Å². The molecule has 1 aliphatic rings. The van der Waals surface area contributed by atoms with Crippen LogP contribution in [0, 0.1) is 6.92 Å². The molecular weight excluding hydrogens is 370 g/mol. The molecule has 0 N–H and O–H groups in total. The third kappa shape index (κ3) is 4.21. The highest BCUT2D eigenvalue weighted by Crippen LogP contribution is 2.38. The zero-order chi connectivity index (χ0) is 20.8. The van der Waals surface area contributed by atoms with Crippen molar-refractivity contribution in [2.75, 3.05) is 19.1 Å². The molecule has 0 radical (unpaired) electrons. The highest BCUT2D eigenvalue weighted by Gasteiger charge is 2.29. The minimum atomic E-state index is -0.672. The van der Waals surface area contributed by atoms with Crippen LogP contribution < -0.4 is 9.64 Å². The zero-order valence-corrected chi connectivity index (χ0v) is 16.4. The molecule has 0 aromatic heterocycles. The number of anilines is 1. The van der Waals surface area contributed by atoms with Gasteiger partial charge < -0.3 is 19.1 Å². The van der Waals surface area contributed by atoms with Gasteiger partial charge in [-0.15, -0.1) is 0 Å². The maximum absolute atomic E-state index is 12.7. The first-order chi connectivity index (χ1) is 14.1. The number of hydrogen-bond acceptors (Lipinski definition) is 6. The molecule has 6 nitrogen and oxygen atoms in total. The number of aryl methyl sites for hydroxylation is 1. The van der Waals surface area contributed by atoms with Crippen molar-refractivity contribution in [1.29, 1.82) is 0 Å². The Labute approximate surface area is 169 Å². The second kappa shape index (κ2) is 8.93. The minimum absolute atomic E-state index is 0.0351. The topological polar surface area (TPSA) is 65.1 Å². The summed E-state index contributed by atoms with van der Waals surface area (Å²) in [7, 11) is 2.52. The number of nitrogens with zero attached hydrogens (tertiary/aromatic N) is 1. The van der Waals surface area contributed by atoms with Gasteiger partial charge in [-0.2, -0.15) is 0 Å². The van der Waals surface area contributed by atoms with Crippen LogP contribution in [0.3, 0.4) is 0 Å². The van der Waals surface area contributed by atoms with Crippen LogP contribution in [-0.2, 0) is 19.1 Å². The molecule has 0 saturated heterocycles. The first-order valence-corrected chi connectivity index (χ1v) is 8.94. The second-order valence-electron chi connectivity index (χ2n) is 6.15. The number of ether oxygens (including phenoxy) is 3. The Hall–Kier alpha value is -3.80. The van der Waals surface area contributed by atoms with Gasteiger partial charge >= 0.3 is 11.9 Å². The van der Waals surface area contributed by atoms with Gasteiger partial charge in [-0.25, -0.2) is 9.59 Å². The summed E-state index contributed by atoms with van der Waals surface area (Å²) in [5.41, 5.74) is 1.56. The van der Waals surface area contributed by atoms with Crippen molar-refractivity contribution in [2.24, 2.45) is 0 Å². The summed E-state index contributed by atoms with van der Waals surface area (Å²) in [5.74, 6) is -0.116. The number of benzene rings is 2. The van der Waals surface area contributed by atoms with Crippen molar-refractivity contribution >= 4 is 17.6 Å². The average molecular weight is 391 g/mol. The Morgan fingerprint density at radius 1 is 0.862 bits per heavy atom. The molecule has 148 valence electrons. The van der Waals surface area contributed by atoms with Crippen molar-refractivity contribution < 1.29 is 23.8 Å². The van der Waals surface area contributed by atoms with Crippen LogP contribution in [0.15, 0.2) is 84.2 Å². The number of carbonyl (C=O) groups is 2. The minimum Gasteiger partial charge on any atom is -0.465 e. The summed E-state index contributed by atoms with van der Waals surface area (Å²) >= 11 is 0. The summed E-state index contributed by atoms with van der Waals surface area (Å²) in [4.78, 5) is 26.6. The fourth-order valence-electron chi connectivity index (χ4n) is 2.92. The van der Waals surface area contributed by atoms with Crippen LogP contribution in [0.1, 0.15) is 5.56 Å². The van der Waals surface area contributed by atoms with Crippen molar-refractivity contribution in [3.63, 3.8) is 0 Å². The molecule has 0 amide bonds.